The van der Waals surface area contributed by atoms with Gasteiger partial charge in [-0.2, -0.15) is 0 Å². The maximum atomic E-state index is 6.82. The molecule has 0 aromatic heterocycles. The Morgan fingerprint density at radius 1 is 0.621 bits per heavy atom. The second kappa shape index (κ2) is 16.6. The van der Waals surface area contributed by atoms with E-state index in [-0.39, 0.29) is 12.2 Å². The van der Waals surface area contributed by atoms with Gasteiger partial charge in [-0.25, -0.2) is 0 Å². The third-order valence-corrected chi connectivity index (χ3v) is 6.79. The van der Waals surface area contributed by atoms with Crippen LogP contribution < -0.4 is 0 Å². The molecule has 2 aliphatic heterocycles. The Balaban J connectivity index is 1.79. The minimum Gasteiger partial charge on any atom is -0.376 e. The number of hydrogen-bond donors (Lipinski definition) is 0. The number of ether oxygens (including phenoxy) is 3. The van der Waals surface area contributed by atoms with Crippen molar-refractivity contribution in [2.75, 3.05) is 13.2 Å². The molecule has 0 radical (unpaired) electrons. The third kappa shape index (κ3) is 10.6. The van der Waals surface area contributed by atoms with Crippen LogP contribution in [-0.2, 0) is 14.2 Å². The first-order chi connectivity index (χ1) is 14.3. The summed E-state index contributed by atoms with van der Waals surface area (Å²) in [6, 6.07) is 0. The highest BCUT2D eigenvalue weighted by Gasteiger charge is 2.33. The van der Waals surface area contributed by atoms with Crippen molar-refractivity contribution in [3.05, 3.63) is 0 Å². The summed E-state index contributed by atoms with van der Waals surface area (Å²) >= 11 is 0. The molecule has 3 heteroatoms. The molecule has 0 amide bonds. The summed E-state index contributed by atoms with van der Waals surface area (Å²) < 4.78 is 19.0. The molecule has 0 aromatic carbocycles. The van der Waals surface area contributed by atoms with E-state index < -0.39 is 0 Å². The third-order valence-electron chi connectivity index (χ3n) is 6.79. The fourth-order valence-electron chi connectivity index (χ4n) is 4.95. The van der Waals surface area contributed by atoms with E-state index in [0.717, 1.165) is 26.1 Å². The average Bonchev–Trinajstić information content (AvgIpc) is 3.45. The molecule has 0 saturated carbocycles. The van der Waals surface area contributed by atoms with Gasteiger partial charge in [-0.15, -0.1) is 0 Å². The first-order valence-electron chi connectivity index (χ1n) is 13.2. The zero-order chi connectivity index (χ0) is 20.6. The van der Waals surface area contributed by atoms with Crippen LogP contribution in [-0.4, -0.2) is 37.6 Å². The zero-order valence-electron chi connectivity index (χ0n) is 19.7. The lowest BCUT2D eigenvalue weighted by molar-refractivity contribution is -0.128. The van der Waals surface area contributed by atoms with Crippen LogP contribution in [0.5, 0.6) is 0 Å². The molecule has 2 saturated heterocycles. The molecule has 4 atom stereocenters. The fourth-order valence-corrected chi connectivity index (χ4v) is 4.95. The molecule has 0 N–H and O–H groups in total. The highest BCUT2D eigenvalue weighted by Crippen LogP contribution is 2.29. The van der Waals surface area contributed by atoms with Gasteiger partial charge < -0.3 is 14.2 Å². The van der Waals surface area contributed by atoms with Crippen LogP contribution in [0.1, 0.15) is 129 Å². The molecule has 4 unspecified atom stereocenters. The quantitative estimate of drug-likeness (QED) is 0.218. The van der Waals surface area contributed by atoms with E-state index in [2.05, 4.69) is 13.8 Å². The van der Waals surface area contributed by atoms with Crippen molar-refractivity contribution in [1.82, 2.24) is 0 Å². The molecule has 0 bridgehead atoms. The van der Waals surface area contributed by atoms with Crippen molar-refractivity contribution < 1.29 is 14.2 Å². The summed E-state index contributed by atoms with van der Waals surface area (Å²) in [5, 5.41) is 0. The molecule has 0 aliphatic carbocycles. The maximum Gasteiger partial charge on any atom is 0.0841 e. The highest BCUT2D eigenvalue weighted by molar-refractivity contribution is 4.81. The lowest BCUT2D eigenvalue weighted by Crippen LogP contribution is -2.38. The zero-order valence-corrected chi connectivity index (χ0v) is 19.7. The highest BCUT2D eigenvalue weighted by atomic mass is 16.6. The Morgan fingerprint density at radius 2 is 1.03 bits per heavy atom. The molecule has 172 valence electrons. The molecule has 29 heavy (non-hydrogen) atoms. The predicted octanol–water partition coefficient (Wildman–Crippen LogP) is 7.60. The van der Waals surface area contributed by atoms with Crippen molar-refractivity contribution in [2.24, 2.45) is 0 Å². The SMILES string of the molecule is CCCCCCCCC(OC(CCCCCCCC)C1CCCO1)C1CCCO1. The molecular weight excluding hydrogens is 360 g/mol. The van der Waals surface area contributed by atoms with E-state index in [0.29, 0.717) is 12.2 Å². The first kappa shape index (κ1) is 25.1. The summed E-state index contributed by atoms with van der Waals surface area (Å²) in [6.07, 6.45) is 24.4. The van der Waals surface area contributed by atoms with Crippen LogP contribution in [0.25, 0.3) is 0 Å². The van der Waals surface area contributed by atoms with Crippen molar-refractivity contribution in [2.45, 2.75) is 154 Å². The molecular formula is C26H50O3. The van der Waals surface area contributed by atoms with Crippen LogP contribution in [0.2, 0.25) is 0 Å². The van der Waals surface area contributed by atoms with E-state index >= 15 is 0 Å². The molecule has 2 heterocycles. The average molecular weight is 411 g/mol. The fraction of sp³-hybridized carbons (Fsp3) is 1.00. The second-order valence-corrected chi connectivity index (χ2v) is 9.43. The van der Waals surface area contributed by atoms with Crippen LogP contribution in [0, 0.1) is 0 Å². The predicted molar refractivity (Wildman–Crippen MR) is 123 cm³/mol. The molecule has 2 fully saturated rings. The molecule has 2 rings (SSSR count). The van der Waals surface area contributed by atoms with Gasteiger partial charge in [0, 0.05) is 13.2 Å². The first-order valence-corrected chi connectivity index (χ1v) is 13.2. The van der Waals surface area contributed by atoms with Gasteiger partial charge >= 0.3 is 0 Å². The monoisotopic (exact) mass is 410 g/mol. The summed E-state index contributed by atoms with van der Waals surface area (Å²) in [5.74, 6) is 0. The summed E-state index contributed by atoms with van der Waals surface area (Å²) in [5.41, 5.74) is 0. The minimum absolute atomic E-state index is 0.276. The summed E-state index contributed by atoms with van der Waals surface area (Å²) in [6.45, 7) is 6.42. The topological polar surface area (TPSA) is 27.7 Å². The lowest BCUT2D eigenvalue weighted by Gasteiger charge is -2.31. The van der Waals surface area contributed by atoms with Gasteiger partial charge in [-0.3, -0.25) is 0 Å². The lowest BCUT2D eigenvalue weighted by atomic mass is 9.99. The van der Waals surface area contributed by atoms with Gasteiger partial charge in [-0.1, -0.05) is 90.9 Å². The Morgan fingerprint density at radius 3 is 1.41 bits per heavy atom. The summed E-state index contributed by atoms with van der Waals surface area (Å²) in [4.78, 5) is 0. The number of rotatable bonds is 18. The Hall–Kier alpha value is -0.120. The van der Waals surface area contributed by atoms with E-state index in [1.54, 1.807) is 0 Å². The van der Waals surface area contributed by atoms with E-state index in [9.17, 15) is 0 Å². The van der Waals surface area contributed by atoms with Crippen molar-refractivity contribution in [3.63, 3.8) is 0 Å². The Bertz CT molecular complexity index is 327. The number of hydrogen-bond acceptors (Lipinski definition) is 3. The second-order valence-electron chi connectivity index (χ2n) is 9.43. The van der Waals surface area contributed by atoms with Gasteiger partial charge in [-0.05, 0) is 38.5 Å². The van der Waals surface area contributed by atoms with Gasteiger partial charge in [0.2, 0.25) is 0 Å². The maximum absolute atomic E-state index is 6.82. The molecule has 0 spiro atoms. The van der Waals surface area contributed by atoms with Crippen LogP contribution in [0.3, 0.4) is 0 Å². The van der Waals surface area contributed by atoms with Crippen molar-refractivity contribution in [1.29, 1.82) is 0 Å². The van der Waals surface area contributed by atoms with E-state index in [1.807, 2.05) is 0 Å². The Labute approximate surface area is 181 Å². The van der Waals surface area contributed by atoms with Gasteiger partial charge in [0.05, 0.1) is 24.4 Å². The van der Waals surface area contributed by atoms with Gasteiger partial charge in [0.1, 0.15) is 0 Å². The van der Waals surface area contributed by atoms with Crippen molar-refractivity contribution >= 4 is 0 Å². The van der Waals surface area contributed by atoms with Crippen LogP contribution in [0.4, 0.5) is 0 Å². The van der Waals surface area contributed by atoms with Crippen LogP contribution in [0.15, 0.2) is 0 Å². The van der Waals surface area contributed by atoms with E-state index in [1.165, 1.54) is 103 Å². The largest absolute Gasteiger partial charge is 0.376 e. The standard InChI is InChI=1S/C26H50O3/c1-3-5-7-9-11-13-17-25(23-19-15-21-27-23)29-26(24-20-16-22-28-24)18-14-12-10-8-6-4-2/h23-26H,3-22H2,1-2H3. The molecule has 2 aliphatic rings. The minimum atomic E-state index is 0.276. The summed E-state index contributed by atoms with van der Waals surface area (Å²) in [7, 11) is 0. The van der Waals surface area contributed by atoms with E-state index in [4.69, 9.17) is 14.2 Å². The normalized spacial score (nSPS) is 24.2. The van der Waals surface area contributed by atoms with Crippen molar-refractivity contribution in [3.8, 4) is 0 Å². The van der Waals surface area contributed by atoms with Gasteiger partial charge in [0.25, 0.3) is 0 Å². The Kier molecular flexibility index (Phi) is 14.4. The molecule has 3 nitrogen and oxygen atoms in total. The van der Waals surface area contributed by atoms with Gasteiger partial charge in [0.15, 0.2) is 0 Å². The van der Waals surface area contributed by atoms with Crippen LogP contribution >= 0.6 is 0 Å². The molecule has 0 aromatic rings. The smallest absolute Gasteiger partial charge is 0.0841 e. The number of unbranched alkanes of at least 4 members (excludes halogenated alkanes) is 10.